The van der Waals surface area contributed by atoms with Gasteiger partial charge in [0.2, 0.25) is 5.91 Å². The van der Waals surface area contributed by atoms with Crippen LogP contribution in [0.15, 0.2) is 24.3 Å². The highest BCUT2D eigenvalue weighted by molar-refractivity contribution is 5.82. The van der Waals surface area contributed by atoms with E-state index in [4.69, 9.17) is 5.73 Å². The van der Waals surface area contributed by atoms with Crippen molar-refractivity contribution in [2.45, 2.75) is 32.2 Å². The van der Waals surface area contributed by atoms with Crippen molar-refractivity contribution in [3.05, 3.63) is 30.1 Å². The number of hydrogen-bond donors (Lipinski definition) is 2. The summed E-state index contributed by atoms with van der Waals surface area (Å²) >= 11 is 0. The summed E-state index contributed by atoms with van der Waals surface area (Å²) in [6.07, 6.45) is 2.64. The molecular weight excluding hydrogens is 207 g/mol. The van der Waals surface area contributed by atoms with Gasteiger partial charge in [-0.25, -0.2) is 4.39 Å². The highest BCUT2D eigenvalue weighted by atomic mass is 19.1. The van der Waals surface area contributed by atoms with Crippen molar-refractivity contribution in [1.82, 2.24) is 0 Å². The molecule has 4 heteroatoms. The highest BCUT2D eigenvalue weighted by Crippen LogP contribution is 2.12. The van der Waals surface area contributed by atoms with Gasteiger partial charge in [0.05, 0.1) is 0 Å². The lowest BCUT2D eigenvalue weighted by Gasteiger charge is -2.16. The number of benzene rings is 1. The zero-order valence-electron chi connectivity index (χ0n) is 9.37. The van der Waals surface area contributed by atoms with Gasteiger partial charge in [-0.15, -0.1) is 0 Å². The second-order valence-electron chi connectivity index (χ2n) is 3.75. The third-order valence-corrected chi connectivity index (χ3v) is 2.37. The summed E-state index contributed by atoms with van der Waals surface area (Å²) in [5.74, 6) is -0.674. The number of amides is 1. The third kappa shape index (κ3) is 3.88. The van der Waals surface area contributed by atoms with Crippen molar-refractivity contribution in [3.8, 4) is 0 Å². The minimum atomic E-state index is -0.384. The Kier molecular flexibility index (Phi) is 4.76. The van der Waals surface area contributed by atoms with Crippen LogP contribution in [0.5, 0.6) is 0 Å². The van der Waals surface area contributed by atoms with Gasteiger partial charge in [-0.3, -0.25) is 4.79 Å². The van der Waals surface area contributed by atoms with E-state index in [-0.39, 0.29) is 17.8 Å². The molecule has 3 nitrogen and oxygen atoms in total. The average Bonchev–Trinajstić information content (AvgIpc) is 2.26. The van der Waals surface area contributed by atoms with Gasteiger partial charge in [0.1, 0.15) is 11.9 Å². The molecule has 3 N–H and O–H groups in total. The highest BCUT2D eigenvalue weighted by Gasteiger charge is 2.13. The van der Waals surface area contributed by atoms with Crippen LogP contribution in [0.1, 0.15) is 26.2 Å². The summed E-state index contributed by atoms with van der Waals surface area (Å²) in [5, 5.41) is 3.00. The van der Waals surface area contributed by atoms with Crippen LogP contribution in [-0.2, 0) is 4.79 Å². The molecule has 0 bridgehead atoms. The van der Waals surface area contributed by atoms with Crippen LogP contribution >= 0.6 is 0 Å². The molecule has 0 aromatic heterocycles. The first-order valence-electron chi connectivity index (χ1n) is 5.45. The fourth-order valence-electron chi connectivity index (χ4n) is 1.44. The summed E-state index contributed by atoms with van der Waals surface area (Å²) in [6.45, 7) is 2.05. The zero-order valence-corrected chi connectivity index (χ0v) is 9.37. The van der Waals surface area contributed by atoms with Crippen LogP contribution in [0.4, 0.5) is 10.1 Å². The Morgan fingerprint density at radius 3 is 2.56 bits per heavy atom. The number of halogens is 1. The summed E-state index contributed by atoms with van der Waals surface area (Å²) in [6, 6.07) is 5.50. The minimum Gasteiger partial charge on any atom is -0.374 e. The Morgan fingerprint density at radius 2 is 2.06 bits per heavy atom. The van der Waals surface area contributed by atoms with Crippen molar-refractivity contribution in [2.75, 3.05) is 5.32 Å². The molecular formula is C12H17FN2O. The number of primary amides is 1. The lowest BCUT2D eigenvalue weighted by atomic mass is 10.1. The Hall–Kier alpha value is -1.58. The van der Waals surface area contributed by atoms with Crippen LogP contribution in [0.25, 0.3) is 0 Å². The zero-order chi connectivity index (χ0) is 12.0. The van der Waals surface area contributed by atoms with E-state index < -0.39 is 0 Å². The van der Waals surface area contributed by atoms with Gasteiger partial charge >= 0.3 is 0 Å². The summed E-state index contributed by atoms with van der Waals surface area (Å²) in [7, 11) is 0. The van der Waals surface area contributed by atoms with Gasteiger partial charge in [-0.1, -0.05) is 19.8 Å². The van der Waals surface area contributed by atoms with Crippen LogP contribution in [0, 0.1) is 5.82 Å². The van der Waals surface area contributed by atoms with E-state index in [0.29, 0.717) is 12.1 Å². The van der Waals surface area contributed by atoms with Crippen LogP contribution in [-0.4, -0.2) is 11.9 Å². The molecule has 0 spiro atoms. The van der Waals surface area contributed by atoms with E-state index in [1.165, 1.54) is 12.1 Å². The van der Waals surface area contributed by atoms with E-state index in [2.05, 4.69) is 12.2 Å². The lowest BCUT2D eigenvalue weighted by molar-refractivity contribution is -0.118. The number of unbranched alkanes of at least 4 members (excludes halogenated alkanes) is 1. The van der Waals surface area contributed by atoms with Crippen molar-refractivity contribution in [2.24, 2.45) is 5.73 Å². The Balaban J connectivity index is 2.60. The van der Waals surface area contributed by atoms with Gasteiger partial charge in [-0.2, -0.15) is 0 Å². The molecule has 1 atom stereocenters. The number of nitrogens with one attached hydrogen (secondary N) is 1. The molecule has 1 rings (SSSR count). The second-order valence-corrected chi connectivity index (χ2v) is 3.75. The van der Waals surface area contributed by atoms with Gasteiger partial charge in [0.15, 0.2) is 0 Å². The van der Waals surface area contributed by atoms with E-state index in [0.717, 1.165) is 12.8 Å². The lowest BCUT2D eigenvalue weighted by Crippen LogP contribution is -2.35. The molecule has 0 saturated carbocycles. The first-order valence-corrected chi connectivity index (χ1v) is 5.45. The topological polar surface area (TPSA) is 55.1 Å². The first-order chi connectivity index (χ1) is 7.63. The fourth-order valence-corrected chi connectivity index (χ4v) is 1.44. The number of carbonyl (C=O) groups is 1. The normalized spacial score (nSPS) is 12.1. The van der Waals surface area contributed by atoms with Crippen molar-refractivity contribution in [1.29, 1.82) is 0 Å². The van der Waals surface area contributed by atoms with Crippen LogP contribution < -0.4 is 11.1 Å². The smallest absolute Gasteiger partial charge is 0.239 e. The maximum atomic E-state index is 12.7. The van der Waals surface area contributed by atoms with Gasteiger partial charge in [0.25, 0.3) is 0 Å². The van der Waals surface area contributed by atoms with Crippen molar-refractivity contribution < 1.29 is 9.18 Å². The molecule has 1 aromatic carbocycles. The Bertz CT molecular complexity index is 337. The van der Waals surface area contributed by atoms with Crippen molar-refractivity contribution in [3.63, 3.8) is 0 Å². The largest absolute Gasteiger partial charge is 0.374 e. The number of nitrogens with two attached hydrogens (primary N) is 1. The molecule has 0 aliphatic heterocycles. The molecule has 0 radical (unpaired) electrons. The van der Waals surface area contributed by atoms with E-state index in [1.807, 2.05) is 0 Å². The predicted octanol–water partition coefficient (Wildman–Crippen LogP) is 2.28. The van der Waals surface area contributed by atoms with E-state index in [9.17, 15) is 9.18 Å². The number of hydrogen-bond acceptors (Lipinski definition) is 2. The summed E-state index contributed by atoms with van der Waals surface area (Å²) in [5.41, 5.74) is 5.99. The fraction of sp³-hybridized carbons (Fsp3) is 0.417. The molecule has 88 valence electrons. The monoisotopic (exact) mass is 224 g/mol. The maximum absolute atomic E-state index is 12.7. The molecule has 0 aliphatic rings. The minimum absolute atomic E-state index is 0.297. The molecule has 1 aromatic rings. The van der Waals surface area contributed by atoms with E-state index in [1.54, 1.807) is 12.1 Å². The number of anilines is 1. The number of carbonyl (C=O) groups excluding carboxylic acids is 1. The molecule has 1 unspecified atom stereocenters. The third-order valence-electron chi connectivity index (χ3n) is 2.37. The Labute approximate surface area is 94.8 Å². The summed E-state index contributed by atoms with van der Waals surface area (Å²) in [4.78, 5) is 11.2. The SMILES string of the molecule is CCCCC(Nc1ccc(F)cc1)C(N)=O. The molecule has 0 saturated heterocycles. The second kappa shape index (κ2) is 6.10. The maximum Gasteiger partial charge on any atom is 0.239 e. The molecule has 0 heterocycles. The first kappa shape index (κ1) is 12.5. The average molecular weight is 224 g/mol. The summed E-state index contributed by atoms with van der Waals surface area (Å²) < 4.78 is 12.7. The van der Waals surface area contributed by atoms with Gasteiger partial charge < -0.3 is 11.1 Å². The van der Waals surface area contributed by atoms with E-state index >= 15 is 0 Å². The van der Waals surface area contributed by atoms with Gasteiger partial charge in [0, 0.05) is 5.69 Å². The van der Waals surface area contributed by atoms with Gasteiger partial charge in [-0.05, 0) is 30.7 Å². The molecule has 1 amide bonds. The molecule has 0 fully saturated rings. The van der Waals surface area contributed by atoms with Crippen LogP contribution in [0.2, 0.25) is 0 Å². The quantitative estimate of drug-likeness (QED) is 0.778. The van der Waals surface area contributed by atoms with Crippen molar-refractivity contribution >= 4 is 11.6 Å². The Morgan fingerprint density at radius 1 is 1.44 bits per heavy atom. The standard InChI is InChI=1S/C12H17FN2O/c1-2-3-4-11(12(14)16)15-10-7-5-9(13)6-8-10/h5-8,11,15H,2-4H2,1H3,(H2,14,16). The van der Waals surface area contributed by atoms with Crippen LogP contribution in [0.3, 0.4) is 0 Å². The predicted molar refractivity (Wildman–Crippen MR) is 62.5 cm³/mol. The molecule has 16 heavy (non-hydrogen) atoms. The molecule has 0 aliphatic carbocycles. The number of rotatable bonds is 6.